The highest BCUT2D eigenvalue weighted by molar-refractivity contribution is 6.30. The number of ether oxygens (including phenoxy) is 2. The third kappa shape index (κ3) is 9.67. The quantitative estimate of drug-likeness (QED) is 0.0469. The molecule has 0 aliphatic carbocycles. The first-order valence-electron chi connectivity index (χ1n) is 20.4. The lowest BCUT2D eigenvalue weighted by Crippen LogP contribution is -2.12. The average molecular weight is 707 g/mol. The highest BCUT2D eigenvalue weighted by Crippen LogP contribution is 2.47. The molecule has 5 aromatic rings. The van der Waals surface area contributed by atoms with Crippen LogP contribution in [0.4, 0.5) is 0 Å². The first kappa shape index (κ1) is 39.2. The molecule has 0 saturated heterocycles. The highest BCUT2D eigenvalue weighted by Gasteiger charge is 2.23. The molecule has 278 valence electrons. The van der Waals surface area contributed by atoms with Crippen LogP contribution >= 0.6 is 0 Å². The lowest BCUT2D eigenvalue weighted by molar-refractivity contribution is 0.263. The molecule has 6 heteroatoms. The van der Waals surface area contributed by atoms with E-state index in [1.807, 2.05) is 12.1 Å². The van der Waals surface area contributed by atoms with Crippen molar-refractivity contribution in [3.8, 4) is 11.5 Å². The van der Waals surface area contributed by atoms with Crippen LogP contribution in [0.25, 0.3) is 43.1 Å². The molecule has 0 spiro atoms. The van der Waals surface area contributed by atoms with Gasteiger partial charge in [-0.2, -0.15) is 0 Å². The zero-order chi connectivity index (χ0) is 36.7. The predicted octanol–water partition coefficient (Wildman–Crippen LogP) is 11.2. The fourth-order valence-electron chi connectivity index (χ4n) is 7.73. The van der Waals surface area contributed by atoms with Gasteiger partial charge in [-0.1, -0.05) is 129 Å². The summed E-state index contributed by atoms with van der Waals surface area (Å²) in [6.07, 6.45) is 24.2. The van der Waals surface area contributed by atoms with Gasteiger partial charge < -0.3 is 9.47 Å². The van der Waals surface area contributed by atoms with Crippen molar-refractivity contribution in [1.82, 2.24) is 0 Å². The molecule has 0 fully saturated rings. The summed E-state index contributed by atoms with van der Waals surface area (Å²) < 4.78 is 13.2. The van der Waals surface area contributed by atoms with Gasteiger partial charge >= 0.3 is 0 Å². The molecular formula is C46H58O6. The van der Waals surface area contributed by atoms with Gasteiger partial charge in [0.05, 0.1) is 13.2 Å². The summed E-state index contributed by atoms with van der Waals surface area (Å²) in [5, 5.41) is 3.19. The van der Waals surface area contributed by atoms with Gasteiger partial charge in [0.1, 0.15) is 0 Å². The van der Waals surface area contributed by atoms with Gasteiger partial charge in [-0.25, -0.2) is 0 Å². The van der Waals surface area contributed by atoms with Crippen molar-refractivity contribution in [3.05, 3.63) is 89.4 Å². The fourth-order valence-corrected chi connectivity index (χ4v) is 7.73. The molecule has 5 rings (SSSR count). The summed E-state index contributed by atoms with van der Waals surface area (Å²) in [6, 6.07) is 12.1. The molecule has 52 heavy (non-hydrogen) atoms. The third-order valence-corrected chi connectivity index (χ3v) is 10.6. The number of rotatable bonds is 24. The average Bonchev–Trinajstić information content (AvgIpc) is 3.15. The van der Waals surface area contributed by atoms with Gasteiger partial charge in [-0.05, 0) is 61.4 Å². The van der Waals surface area contributed by atoms with Crippen molar-refractivity contribution >= 4 is 43.1 Å². The Morgan fingerprint density at radius 3 is 0.962 bits per heavy atom. The third-order valence-electron chi connectivity index (χ3n) is 10.6. The zero-order valence-corrected chi connectivity index (χ0v) is 31.6. The Balaban J connectivity index is 1.46. The maximum atomic E-state index is 13.6. The Bertz CT molecular complexity index is 1970. The summed E-state index contributed by atoms with van der Waals surface area (Å²) in [5.74, 6) is 1.04. The minimum atomic E-state index is -0.316. The minimum Gasteiger partial charge on any atom is -0.489 e. The lowest BCUT2D eigenvalue weighted by atomic mass is 9.91. The van der Waals surface area contributed by atoms with Crippen LogP contribution in [-0.2, 0) is 0 Å². The van der Waals surface area contributed by atoms with Crippen LogP contribution in [0.15, 0.2) is 67.7 Å². The van der Waals surface area contributed by atoms with Gasteiger partial charge in [-0.3, -0.25) is 19.2 Å². The monoisotopic (exact) mass is 706 g/mol. The summed E-state index contributed by atoms with van der Waals surface area (Å²) in [6.45, 7) is 5.44. The molecule has 0 heterocycles. The Morgan fingerprint density at radius 1 is 0.327 bits per heavy atom. The van der Waals surface area contributed by atoms with Gasteiger partial charge in [-0.15, -0.1) is 0 Å². The maximum absolute atomic E-state index is 13.6. The predicted molar refractivity (Wildman–Crippen MR) is 219 cm³/mol. The van der Waals surface area contributed by atoms with Crippen LogP contribution < -0.4 is 31.2 Å². The van der Waals surface area contributed by atoms with Crippen molar-refractivity contribution in [2.24, 2.45) is 0 Å². The smallest absolute Gasteiger partial charge is 0.187 e. The van der Waals surface area contributed by atoms with E-state index in [4.69, 9.17) is 9.47 Å². The SMILES string of the molecule is CCCCCCCCCCCCOc1c(OCCCCCCCCCCCC)c2ccc3c(=O)ccc(=O)c3c2c2c1ccc1c(=O)ccc(=O)c12. The van der Waals surface area contributed by atoms with Crippen molar-refractivity contribution in [2.75, 3.05) is 13.2 Å². The van der Waals surface area contributed by atoms with Crippen LogP contribution in [0.3, 0.4) is 0 Å². The maximum Gasteiger partial charge on any atom is 0.187 e. The summed E-state index contributed by atoms with van der Waals surface area (Å²) >= 11 is 0. The van der Waals surface area contributed by atoms with Crippen molar-refractivity contribution in [1.29, 1.82) is 0 Å². The summed E-state index contributed by atoms with van der Waals surface area (Å²) in [7, 11) is 0. The van der Waals surface area contributed by atoms with E-state index >= 15 is 0 Å². The summed E-state index contributed by atoms with van der Waals surface area (Å²) in [5.41, 5.74) is -1.18. The molecular weight excluding hydrogens is 649 g/mol. The first-order chi connectivity index (χ1) is 25.5. The second kappa shape index (κ2) is 20.3. The van der Waals surface area contributed by atoms with Gasteiger partial charge in [0.15, 0.2) is 33.2 Å². The number of hydrogen-bond acceptors (Lipinski definition) is 6. The number of hydrogen-bond donors (Lipinski definition) is 0. The molecule has 6 nitrogen and oxygen atoms in total. The van der Waals surface area contributed by atoms with E-state index in [-0.39, 0.29) is 43.3 Å². The second-order valence-corrected chi connectivity index (χ2v) is 14.7. The topological polar surface area (TPSA) is 86.7 Å². The van der Waals surface area contributed by atoms with Crippen molar-refractivity contribution in [2.45, 2.75) is 142 Å². The summed E-state index contributed by atoms with van der Waals surface area (Å²) in [4.78, 5) is 53.2. The molecule has 0 saturated carbocycles. The van der Waals surface area contributed by atoms with E-state index in [1.165, 1.54) is 114 Å². The molecule has 0 N–H and O–H groups in total. The van der Waals surface area contributed by atoms with Crippen LogP contribution in [-0.4, -0.2) is 13.2 Å². The number of unbranched alkanes of at least 4 members (excludes halogenated alkanes) is 18. The molecule has 5 aromatic carbocycles. The van der Waals surface area contributed by atoms with Crippen molar-refractivity contribution < 1.29 is 9.47 Å². The zero-order valence-electron chi connectivity index (χ0n) is 31.6. The number of benzene rings is 5. The van der Waals surface area contributed by atoms with E-state index in [2.05, 4.69) is 13.8 Å². The minimum absolute atomic E-state index is 0.239. The van der Waals surface area contributed by atoms with E-state index < -0.39 is 0 Å². The standard InChI is InChI=1S/C46H58O6/c1-3-5-7-9-11-13-15-17-19-21-31-51-45-35-25-23-33-37(47)27-29-39(49)41(33)43(35)44-36(26-24-34-38(48)28-30-40(50)42(34)44)46(45)52-32-22-20-18-16-14-12-10-8-6-4-2/h23-30H,3-22,31-32H2,1-2H3. The van der Waals surface area contributed by atoms with Crippen LogP contribution in [0.2, 0.25) is 0 Å². The molecule has 0 bridgehead atoms. The molecule has 0 aromatic heterocycles. The van der Waals surface area contributed by atoms with Crippen LogP contribution in [0, 0.1) is 0 Å². The first-order valence-corrected chi connectivity index (χ1v) is 20.4. The van der Waals surface area contributed by atoms with E-state index in [0.29, 0.717) is 46.3 Å². The molecule has 0 atom stereocenters. The molecule has 0 amide bonds. The van der Waals surface area contributed by atoms with E-state index in [0.717, 1.165) is 38.5 Å². The van der Waals surface area contributed by atoms with Gasteiger partial charge in [0, 0.05) is 43.1 Å². The second-order valence-electron chi connectivity index (χ2n) is 14.7. The van der Waals surface area contributed by atoms with Crippen LogP contribution in [0.1, 0.15) is 142 Å². The van der Waals surface area contributed by atoms with Gasteiger partial charge in [0.2, 0.25) is 0 Å². The number of fused-ring (bicyclic) bond motifs is 7. The van der Waals surface area contributed by atoms with Gasteiger partial charge in [0.25, 0.3) is 0 Å². The van der Waals surface area contributed by atoms with Crippen LogP contribution in [0.5, 0.6) is 11.5 Å². The Morgan fingerprint density at radius 2 is 0.615 bits per heavy atom. The normalized spacial score (nSPS) is 11.7. The molecule has 0 aliphatic heterocycles. The fraction of sp³-hybridized carbons (Fsp3) is 0.522. The van der Waals surface area contributed by atoms with E-state index in [1.54, 1.807) is 12.1 Å². The molecule has 0 radical (unpaired) electrons. The molecule has 0 aliphatic rings. The Kier molecular flexibility index (Phi) is 15.2. The highest BCUT2D eigenvalue weighted by atomic mass is 16.5. The lowest BCUT2D eigenvalue weighted by Gasteiger charge is -2.20. The van der Waals surface area contributed by atoms with Crippen molar-refractivity contribution in [3.63, 3.8) is 0 Å². The van der Waals surface area contributed by atoms with E-state index in [9.17, 15) is 19.2 Å². The Labute approximate surface area is 308 Å². The Hall–Kier alpha value is -4.06. The molecule has 0 unspecified atom stereocenters. The largest absolute Gasteiger partial charge is 0.489 e.